The van der Waals surface area contributed by atoms with E-state index in [1.807, 2.05) is 20.8 Å². The number of alkyl carbamates (subject to hydrolysis) is 1. The number of ether oxygens (including phenoxy) is 1. The van der Waals surface area contributed by atoms with Crippen LogP contribution in [-0.4, -0.2) is 30.3 Å². The van der Waals surface area contributed by atoms with Crippen LogP contribution < -0.4 is 10.6 Å². The molecular formula is C12H26N2O2. The molecule has 4 nitrogen and oxygen atoms in total. The number of carbonyl (C=O) groups is 1. The quantitative estimate of drug-likeness (QED) is 0.712. The van der Waals surface area contributed by atoms with Crippen LogP contribution in [0, 0.1) is 0 Å². The lowest BCUT2D eigenvalue weighted by Crippen LogP contribution is -2.43. The molecule has 0 aliphatic rings. The minimum atomic E-state index is -0.430. The van der Waals surface area contributed by atoms with E-state index in [0.29, 0.717) is 6.54 Å². The summed E-state index contributed by atoms with van der Waals surface area (Å²) >= 11 is 0. The van der Waals surface area contributed by atoms with Crippen LogP contribution >= 0.6 is 0 Å². The normalized spacial score (nSPS) is 12.4. The van der Waals surface area contributed by atoms with Gasteiger partial charge in [-0.1, -0.05) is 6.92 Å². The first-order chi connectivity index (χ1) is 7.16. The van der Waals surface area contributed by atoms with Gasteiger partial charge in [-0.05, 0) is 41.0 Å². The van der Waals surface area contributed by atoms with E-state index >= 15 is 0 Å². The molecule has 96 valence electrons. The lowest BCUT2D eigenvalue weighted by molar-refractivity contribution is 0.0527. The average molecular weight is 230 g/mol. The van der Waals surface area contributed by atoms with Crippen LogP contribution in [0.15, 0.2) is 0 Å². The summed E-state index contributed by atoms with van der Waals surface area (Å²) in [6.45, 7) is 13.3. The Labute approximate surface area is 99.1 Å². The van der Waals surface area contributed by atoms with Crippen LogP contribution in [-0.2, 0) is 4.74 Å². The van der Waals surface area contributed by atoms with Crippen molar-refractivity contribution in [3.63, 3.8) is 0 Å². The first-order valence-electron chi connectivity index (χ1n) is 5.88. The van der Waals surface area contributed by atoms with Crippen molar-refractivity contribution in [3.8, 4) is 0 Å². The van der Waals surface area contributed by atoms with E-state index in [4.69, 9.17) is 4.74 Å². The van der Waals surface area contributed by atoms with Crippen LogP contribution in [0.25, 0.3) is 0 Å². The van der Waals surface area contributed by atoms with Gasteiger partial charge in [0, 0.05) is 18.6 Å². The van der Waals surface area contributed by atoms with Gasteiger partial charge in [-0.3, -0.25) is 0 Å². The second-order valence-electron chi connectivity index (χ2n) is 5.59. The molecule has 0 rings (SSSR count). The highest BCUT2D eigenvalue weighted by Gasteiger charge is 2.16. The first kappa shape index (κ1) is 15.2. The Balaban J connectivity index is 3.64. The number of hydrogen-bond donors (Lipinski definition) is 2. The maximum Gasteiger partial charge on any atom is 0.407 e. The summed E-state index contributed by atoms with van der Waals surface area (Å²) in [5, 5.41) is 6.07. The molecular weight excluding hydrogens is 204 g/mol. The highest BCUT2D eigenvalue weighted by atomic mass is 16.6. The summed E-state index contributed by atoms with van der Waals surface area (Å²) < 4.78 is 5.12. The molecule has 2 N–H and O–H groups in total. The van der Waals surface area contributed by atoms with Gasteiger partial charge in [0.1, 0.15) is 5.60 Å². The molecule has 0 saturated heterocycles. The minimum Gasteiger partial charge on any atom is -0.444 e. The zero-order valence-corrected chi connectivity index (χ0v) is 11.4. The number of nitrogens with one attached hydrogen (secondary N) is 2. The van der Waals surface area contributed by atoms with E-state index in [1.54, 1.807) is 0 Å². The number of rotatable bonds is 5. The first-order valence-corrected chi connectivity index (χ1v) is 5.88. The molecule has 1 amide bonds. The van der Waals surface area contributed by atoms with Gasteiger partial charge >= 0.3 is 6.09 Å². The monoisotopic (exact) mass is 230 g/mol. The molecule has 0 aliphatic carbocycles. The Hall–Kier alpha value is -0.770. The van der Waals surface area contributed by atoms with Gasteiger partial charge in [0.05, 0.1) is 0 Å². The van der Waals surface area contributed by atoms with Crippen LogP contribution in [0.4, 0.5) is 4.79 Å². The van der Waals surface area contributed by atoms with E-state index in [0.717, 1.165) is 13.0 Å². The molecule has 0 atom stereocenters. The standard InChI is InChI=1S/C12H26N2O2/c1-7-12(5,6)14-9-8-13-10(15)16-11(2,3)4/h14H,7-9H2,1-6H3,(H,13,15). The van der Waals surface area contributed by atoms with E-state index in [9.17, 15) is 4.79 Å². The Morgan fingerprint density at radius 1 is 1.12 bits per heavy atom. The topological polar surface area (TPSA) is 50.4 Å². The van der Waals surface area contributed by atoms with Crippen LogP contribution in [0.2, 0.25) is 0 Å². The van der Waals surface area contributed by atoms with Crippen molar-refractivity contribution < 1.29 is 9.53 Å². The SMILES string of the molecule is CCC(C)(C)NCCNC(=O)OC(C)(C)C. The largest absolute Gasteiger partial charge is 0.444 e. The third kappa shape index (κ3) is 8.53. The van der Waals surface area contributed by atoms with Crippen molar-refractivity contribution in [2.75, 3.05) is 13.1 Å². The van der Waals surface area contributed by atoms with Gasteiger partial charge in [-0.2, -0.15) is 0 Å². The second-order valence-corrected chi connectivity index (χ2v) is 5.59. The maximum atomic E-state index is 11.3. The Kier molecular flexibility index (Phi) is 5.79. The third-order valence-electron chi connectivity index (χ3n) is 2.28. The molecule has 0 spiro atoms. The fourth-order valence-corrected chi connectivity index (χ4v) is 1.00. The number of hydrogen-bond acceptors (Lipinski definition) is 3. The summed E-state index contributed by atoms with van der Waals surface area (Å²) in [4.78, 5) is 11.3. The fraction of sp³-hybridized carbons (Fsp3) is 0.917. The molecule has 0 fully saturated rings. The molecule has 0 aromatic heterocycles. The predicted octanol–water partition coefficient (Wildman–Crippen LogP) is 2.29. The molecule has 16 heavy (non-hydrogen) atoms. The molecule has 4 heteroatoms. The summed E-state index contributed by atoms with van der Waals surface area (Å²) in [6.07, 6.45) is 0.697. The molecule has 0 aliphatic heterocycles. The highest BCUT2D eigenvalue weighted by molar-refractivity contribution is 5.67. The fourth-order valence-electron chi connectivity index (χ4n) is 1.00. The van der Waals surface area contributed by atoms with E-state index in [2.05, 4.69) is 31.4 Å². The number of amides is 1. The van der Waals surface area contributed by atoms with Gasteiger partial charge in [-0.15, -0.1) is 0 Å². The van der Waals surface area contributed by atoms with E-state index < -0.39 is 5.60 Å². The van der Waals surface area contributed by atoms with Crippen molar-refractivity contribution in [2.24, 2.45) is 0 Å². The second kappa shape index (κ2) is 6.09. The predicted molar refractivity (Wildman–Crippen MR) is 66.6 cm³/mol. The van der Waals surface area contributed by atoms with Gasteiger partial charge in [-0.25, -0.2) is 4.79 Å². The van der Waals surface area contributed by atoms with Crippen LogP contribution in [0.1, 0.15) is 48.0 Å². The van der Waals surface area contributed by atoms with Crippen molar-refractivity contribution in [1.82, 2.24) is 10.6 Å². The van der Waals surface area contributed by atoms with Crippen LogP contribution in [0.5, 0.6) is 0 Å². The minimum absolute atomic E-state index is 0.121. The van der Waals surface area contributed by atoms with Crippen molar-refractivity contribution in [3.05, 3.63) is 0 Å². The third-order valence-corrected chi connectivity index (χ3v) is 2.28. The summed E-state index contributed by atoms with van der Waals surface area (Å²) in [5.74, 6) is 0. The van der Waals surface area contributed by atoms with Gasteiger partial charge < -0.3 is 15.4 Å². The lowest BCUT2D eigenvalue weighted by atomic mass is 10.0. The smallest absolute Gasteiger partial charge is 0.407 e. The maximum absolute atomic E-state index is 11.3. The van der Waals surface area contributed by atoms with Crippen LogP contribution in [0.3, 0.4) is 0 Å². The number of carbonyl (C=O) groups excluding carboxylic acids is 1. The average Bonchev–Trinajstić information content (AvgIpc) is 2.10. The molecule has 0 radical (unpaired) electrons. The molecule has 0 heterocycles. The van der Waals surface area contributed by atoms with Gasteiger partial charge in [0.2, 0.25) is 0 Å². The highest BCUT2D eigenvalue weighted by Crippen LogP contribution is 2.06. The Bertz CT molecular complexity index is 220. The molecule has 0 unspecified atom stereocenters. The summed E-state index contributed by atoms with van der Waals surface area (Å²) in [7, 11) is 0. The molecule has 0 bridgehead atoms. The van der Waals surface area contributed by atoms with E-state index in [1.165, 1.54) is 0 Å². The van der Waals surface area contributed by atoms with Gasteiger partial charge in [0.25, 0.3) is 0 Å². The van der Waals surface area contributed by atoms with Gasteiger partial charge in [0.15, 0.2) is 0 Å². The van der Waals surface area contributed by atoms with E-state index in [-0.39, 0.29) is 11.6 Å². The molecule has 0 saturated carbocycles. The van der Waals surface area contributed by atoms with Crippen molar-refractivity contribution in [1.29, 1.82) is 0 Å². The van der Waals surface area contributed by atoms with Crippen molar-refractivity contribution >= 4 is 6.09 Å². The Morgan fingerprint density at radius 3 is 2.12 bits per heavy atom. The zero-order valence-electron chi connectivity index (χ0n) is 11.4. The molecule has 0 aromatic rings. The van der Waals surface area contributed by atoms with Crippen molar-refractivity contribution in [2.45, 2.75) is 59.1 Å². The summed E-state index contributed by atoms with van der Waals surface area (Å²) in [5.41, 5.74) is -0.310. The lowest BCUT2D eigenvalue weighted by Gasteiger charge is -2.25. The molecule has 0 aromatic carbocycles. The Morgan fingerprint density at radius 2 is 1.69 bits per heavy atom. The zero-order chi connectivity index (χ0) is 12.8. The summed E-state index contributed by atoms with van der Waals surface area (Å²) in [6, 6.07) is 0.